The highest BCUT2D eigenvalue weighted by atomic mass is 32.1. The van der Waals surface area contributed by atoms with E-state index in [-0.39, 0.29) is 0 Å². The predicted octanol–water partition coefficient (Wildman–Crippen LogP) is 3.14. The van der Waals surface area contributed by atoms with E-state index >= 15 is 0 Å². The summed E-state index contributed by atoms with van der Waals surface area (Å²) >= 11 is 1.84. The summed E-state index contributed by atoms with van der Waals surface area (Å²) in [5.41, 5.74) is 2.17. The van der Waals surface area contributed by atoms with Crippen molar-refractivity contribution in [3.05, 3.63) is 45.7 Å². The molecule has 0 unspecified atom stereocenters. The summed E-state index contributed by atoms with van der Waals surface area (Å²) in [6.07, 6.45) is 1.17. The largest absolute Gasteiger partial charge is 0.298 e. The van der Waals surface area contributed by atoms with E-state index in [0.717, 1.165) is 36.8 Å². The van der Waals surface area contributed by atoms with E-state index in [1.807, 2.05) is 17.4 Å². The van der Waals surface area contributed by atoms with Gasteiger partial charge in [-0.25, -0.2) is 9.97 Å². The molecule has 100 valence electrons. The molecule has 0 N–H and O–H groups in total. The Hall–Kier alpha value is -1.26. The minimum Gasteiger partial charge on any atom is -0.298 e. The Balaban J connectivity index is 1.68. The van der Waals surface area contributed by atoms with Crippen LogP contribution in [0, 0.1) is 13.8 Å². The summed E-state index contributed by atoms with van der Waals surface area (Å²) in [5, 5.41) is 2.15. The second-order valence-electron chi connectivity index (χ2n) is 5.31. The smallest absolute Gasteiger partial charge is 0.133 e. The first kappa shape index (κ1) is 12.8. The van der Waals surface area contributed by atoms with Crippen molar-refractivity contribution in [3.8, 4) is 0 Å². The summed E-state index contributed by atoms with van der Waals surface area (Å²) in [5.74, 6) is 1.53. The van der Waals surface area contributed by atoms with E-state index in [4.69, 9.17) is 0 Å². The monoisotopic (exact) mass is 273 g/mol. The number of likely N-dealkylation sites (tertiary alicyclic amines) is 1. The summed E-state index contributed by atoms with van der Waals surface area (Å²) in [6.45, 7) is 7.41. The molecule has 1 fully saturated rings. The average Bonchev–Trinajstić information content (AvgIpc) is 2.99. The average molecular weight is 273 g/mol. The number of rotatable bonds is 3. The Labute approximate surface area is 118 Å². The molecule has 1 aliphatic rings. The molecule has 3 rings (SSSR count). The quantitative estimate of drug-likeness (QED) is 0.860. The summed E-state index contributed by atoms with van der Waals surface area (Å²) in [7, 11) is 0. The maximum Gasteiger partial charge on any atom is 0.133 e. The number of nitrogens with zero attached hydrogens (tertiary/aromatic N) is 3. The van der Waals surface area contributed by atoms with Crippen molar-refractivity contribution in [2.24, 2.45) is 0 Å². The summed E-state index contributed by atoms with van der Waals surface area (Å²) in [4.78, 5) is 13.2. The van der Waals surface area contributed by atoms with E-state index in [2.05, 4.69) is 46.2 Å². The van der Waals surface area contributed by atoms with Gasteiger partial charge in [-0.1, -0.05) is 6.07 Å². The Morgan fingerprint density at radius 3 is 2.79 bits per heavy atom. The standard InChI is InChI=1S/C15H19N3S/c1-11-8-12(2)17-15(16-11)13-5-6-18(9-13)10-14-4-3-7-19-14/h3-4,7-8,13H,5-6,9-10H2,1-2H3/t13-/m1/s1. The van der Waals surface area contributed by atoms with Gasteiger partial charge in [-0.05, 0) is 44.3 Å². The van der Waals surface area contributed by atoms with Crippen LogP contribution >= 0.6 is 11.3 Å². The highest BCUT2D eigenvalue weighted by Crippen LogP contribution is 2.27. The van der Waals surface area contributed by atoms with Gasteiger partial charge < -0.3 is 0 Å². The Morgan fingerprint density at radius 2 is 2.11 bits per heavy atom. The molecule has 3 heterocycles. The highest BCUT2D eigenvalue weighted by molar-refractivity contribution is 7.09. The van der Waals surface area contributed by atoms with Gasteiger partial charge in [-0.2, -0.15) is 0 Å². The van der Waals surface area contributed by atoms with E-state index in [0.29, 0.717) is 5.92 Å². The van der Waals surface area contributed by atoms with Crippen LogP contribution in [0.15, 0.2) is 23.6 Å². The van der Waals surface area contributed by atoms with Crippen molar-refractivity contribution in [2.45, 2.75) is 32.7 Å². The molecule has 0 amide bonds. The van der Waals surface area contributed by atoms with E-state index in [9.17, 15) is 0 Å². The van der Waals surface area contributed by atoms with Crippen molar-refractivity contribution in [3.63, 3.8) is 0 Å². The molecule has 2 aromatic heterocycles. The Kier molecular flexibility index (Phi) is 3.62. The molecule has 0 bridgehead atoms. The normalized spacial score (nSPS) is 20.0. The molecule has 0 spiro atoms. The third-order valence-corrected chi connectivity index (χ3v) is 4.46. The van der Waals surface area contributed by atoms with Crippen molar-refractivity contribution >= 4 is 11.3 Å². The van der Waals surface area contributed by atoms with Crippen LogP contribution in [0.2, 0.25) is 0 Å². The van der Waals surface area contributed by atoms with E-state index in [1.165, 1.54) is 11.3 Å². The van der Waals surface area contributed by atoms with Gasteiger partial charge in [0.2, 0.25) is 0 Å². The fourth-order valence-electron chi connectivity index (χ4n) is 2.75. The zero-order valence-electron chi connectivity index (χ0n) is 11.5. The minimum absolute atomic E-state index is 0.499. The van der Waals surface area contributed by atoms with Crippen LogP contribution in [-0.4, -0.2) is 28.0 Å². The number of aryl methyl sites for hydroxylation is 2. The van der Waals surface area contributed by atoms with Gasteiger partial charge in [0.25, 0.3) is 0 Å². The molecular formula is C15H19N3S. The number of aromatic nitrogens is 2. The number of hydrogen-bond acceptors (Lipinski definition) is 4. The van der Waals surface area contributed by atoms with Crippen LogP contribution in [0.4, 0.5) is 0 Å². The van der Waals surface area contributed by atoms with Crippen LogP contribution in [0.3, 0.4) is 0 Å². The molecule has 0 aliphatic carbocycles. The van der Waals surface area contributed by atoms with Gasteiger partial charge >= 0.3 is 0 Å². The van der Waals surface area contributed by atoms with Gasteiger partial charge in [-0.3, -0.25) is 4.90 Å². The third-order valence-electron chi connectivity index (χ3n) is 3.60. The van der Waals surface area contributed by atoms with Crippen molar-refractivity contribution in [2.75, 3.05) is 13.1 Å². The first-order chi connectivity index (χ1) is 9.20. The Bertz CT molecular complexity index is 530. The molecule has 1 atom stereocenters. The fourth-order valence-corrected chi connectivity index (χ4v) is 3.49. The molecule has 0 saturated carbocycles. The lowest BCUT2D eigenvalue weighted by Gasteiger charge is -2.14. The molecule has 2 aromatic rings. The summed E-state index contributed by atoms with van der Waals surface area (Å²) in [6, 6.07) is 6.38. The molecule has 0 aromatic carbocycles. The predicted molar refractivity (Wildman–Crippen MR) is 78.5 cm³/mol. The van der Waals surface area contributed by atoms with E-state index in [1.54, 1.807) is 0 Å². The lowest BCUT2D eigenvalue weighted by Crippen LogP contribution is -2.19. The van der Waals surface area contributed by atoms with Crippen molar-refractivity contribution < 1.29 is 0 Å². The molecular weight excluding hydrogens is 254 g/mol. The SMILES string of the molecule is Cc1cc(C)nc([C@@H]2CCN(Cc3cccs3)C2)n1. The zero-order chi connectivity index (χ0) is 13.2. The minimum atomic E-state index is 0.499. The first-order valence-corrected chi connectivity index (χ1v) is 7.65. The van der Waals surface area contributed by atoms with Gasteiger partial charge in [0.15, 0.2) is 0 Å². The van der Waals surface area contributed by atoms with Crippen LogP contribution < -0.4 is 0 Å². The molecule has 0 radical (unpaired) electrons. The second-order valence-corrected chi connectivity index (χ2v) is 6.34. The van der Waals surface area contributed by atoms with Crippen LogP contribution in [0.5, 0.6) is 0 Å². The van der Waals surface area contributed by atoms with Crippen LogP contribution in [0.25, 0.3) is 0 Å². The number of hydrogen-bond donors (Lipinski definition) is 0. The lowest BCUT2D eigenvalue weighted by molar-refractivity contribution is 0.328. The maximum atomic E-state index is 4.61. The molecule has 4 heteroatoms. The van der Waals surface area contributed by atoms with E-state index < -0.39 is 0 Å². The van der Waals surface area contributed by atoms with Gasteiger partial charge in [-0.15, -0.1) is 11.3 Å². The highest BCUT2D eigenvalue weighted by Gasteiger charge is 2.26. The van der Waals surface area contributed by atoms with Crippen molar-refractivity contribution in [1.82, 2.24) is 14.9 Å². The van der Waals surface area contributed by atoms with Crippen LogP contribution in [-0.2, 0) is 6.54 Å². The van der Waals surface area contributed by atoms with Crippen molar-refractivity contribution in [1.29, 1.82) is 0 Å². The number of thiophene rings is 1. The van der Waals surface area contributed by atoms with Crippen LogP contribution in [0.1, 0.15) is 34.4 Å². The van der Waals surface area contributed by atoms with Gasteiger partial charge in [0.05, 0.1) is 0 Å². The topological polar surface area (TPSA) is 29.0 Å². The first-order valence-electron chi connectivity index (χ1n) is 6.77. The fraction of sp³-hybridized carbons (Fsp3) is 0.467. The van der Waals surface area contributed by atoms with Gasteiger partial charge in [0.1, 0.15) is 5.82 Å². The second kappa shape index (κ2) is 5.39. The maximum absolute atomic E-state index is 4.61. The molecule has 1 saturated heterocycles. The van der Waals surface area contributed by atoms with Gasteiger partial charge in [0, 0.05) is 35.3 Å². The lowest BCUT2D eigenvalue weighted by atomic mass is 10.1. The summed E-state index contributed by atoms with van der Waals surface area (Å²) < 4.78 is 0. The zero-order valence-corrected chi connectivity index (χ0v) is 12.3. The molecule has 3 nitrogen and oxygen atoms in total. The Morgan fingerprint density at radius 1 is 1.32 bits per heavy atom. The third kappa shape index (κ3) is 3.01. The molecule has 1 aliphatic heterocycles. The molecule has 19 heavy (non-hydrogen) atoms.